The maximum Gasteiger partial charge on any atom is 0.261 e. The summed E-state index contributed by atoms with van der Waals surface area (Å²) < 4.78 is 5.63. The van der Waals surface area contributed by atoms with Crippen LogP contribution in [0.3, 0.4) is 0 Å². The summed E-state index contributed by atoms with van der Waals surface area (Å²) in [5.41, 5.74) is 0.883. The molecule has 0 heterocycles. The van der Waals surface area contributed by atoms with Gasteiger partial charge in [-0.1, -0.05) is 49.2 Å². The Morgan fingerprint density at radius 3 is 2.07 bits per heavy atom. The number of halogens is 2. The summed E-state index contributed by atoms with van der Waals surface area (Å²) in [5, 5.41) is 4.19. The summed E-state index contributed by atoms with van der Waals surface area (Å²) in [7, 11) is 0. The highest BCUT2D eigenvalue weighted by atomic mass is 35.5. The van der Waals surface area contributed by atoms with Gasteiger partial charge in [0, 0.05) is 22.6 Å². The number of carbonyl (C=O) groups is 2. The zero-order valence-corrected chi connectivity index (χ0v) is 19.0. The maximum atomic E-state index is 13.1. The van der Waals surface area contributed by atoms with Gasteiger partial charge in [0.25, 0.3) is 5.91 Å². The van der Waals surface area contributed by atoms with E-state index in [2.05, 4.69) is 5.32 Å². The second-order valence-electron chi connectivity index (χ2n) is 7.13. The van der Waals surface area contributed by atoms with E-state index in [1.165, 1.54) is 0 Å². The van der Waals surface area contributed by atoms with Crippen molar-refractivity contribution in [1.29, 1.82) is 0 Å². The first-order valence-electron chi connectivity index (χ1n) is 10.1. The maximum absolute atomic E-state index is 13.1. The largest absolute Gasteiger partial charge is 0.484 e. The molecule has 30 heavy (non-hydrogen) atoms. The monoisotopic (exact) mass is 450 g/mol. The Labute approximate surface area is 188 Å². The molecule has 0 bridgehead atoms. The van der Waals surface area contributed by atoms with Crippen molar-refractivity contribution in [3.8, 4) is 5.75 Å². The number of nitrogens with one attached hydrogen (secondary N) is 1. The molecule has 0 saturated heterocycles. The number of hydrogen-bond acceptors (Lipinski definition) is 3. The van der Waals surface area contributed by atoms with E-state index in [1.807, 2.05) is 32.9 Å². The van der Waals surface area contributed by atoms with E-state index in [4.69, 9.17) is 27.9 Å². The number of amides is 2. The molecule has 0 saturated carbocycles. The van der Waals surface area contributed by atoms with Gasteiger partial charge >= 0.3 is 0 Å². The first-order chi connectivity index (χ1) is 14.3. The van der Waals surface area contributed by atoms with Gasteiger partial charge in [0.1, 0.15) is 11.8 Å². The van der Waals surface area contributed by atoms with Crippen LogP contribution in [0.25, 0.3) is 0 Å². The lowest BCUT2D eigenvalue weighted by Crippen LogP contribution is -2.51. The van der Waals surface area contributed by atoms with Crippen LogP contribution in [0.2, 0.25) is 10.0 Å². The van der Waals surface area contributed by atoms with Crippen molar-refractivity contribution in [2.75, 3.05) is 6.61 Å². The van der Waals surface area contributed by atoms with Crippen LogP contribution in [0, 0.1) is 0 Å². The zero-order chi connectivity index (χ0) is 22.1. The van der Waals surface area contributed by atoms with E-state index in [1.54, 1.807) is 41.3 Å². The van der Waals surface area contributed by atoms with E-state index in [0.29, 0.717) is 22.2 Å². The Morgan fingerprint density at radius 2 is 1.53 bits per heavy atom. The highest BCUT2D eigenvalue weighted by Crippen LogP contribution is 2.18. The molecule has 5 nitrogen and oxygen atoms in total. The Bertz CT molecular complexity index is 825. The van der Waals surface area contributed by atoms with Gasteiger partial charge < -0.3 is 15.0 Å². The molecule has 0 aromatic heterocycles. The van der Waals surface area contributed by atoms with E-state index in [9.17, 15) is 9.59 Å². The average molecular weight is 451 g/mol. The smallest absolute Gasteiger partial charge is 0.261 e. The average Bonchev–Trinajstić information content (AvgIpc) is 2.74. The summed E-state index contributed by atoms with van der Waals surface area (Å²) in [6.07, 6.45) is 1.30. The fourth-order valence-electron chi connectivity index (χ4n) is 2.91. The third-order valence-corrected chi connectivity index (χ3v) is 5.33. The lowest BCUT2D eigenvalue weighted by atomic mass is 10.1. The van der Waals surface area contributed by atoms with Crippen LogP contribution < -0.4 is 10.1 Å². The Morgan fingerprint density at radius 1 is 0.967 bits per heavy atom. The SMILES string of the molecule is CC[C@@H](C)NC(=O)[C@H](CC)N(Cc1ccc(Cl)cc1)C(=O)COc1ccc(Cl)cc1. The third-order valence-electron chi connectivity index (χ3n) is 4.83. The summed E-state index contributed by atoms with van der Waals surface area (Å²) in [6, 6.07) is 13.5. The number of ether oxygens (including phenoxy) is 1. The molecule has 2 atom stereocenters. The summed E-state index contributed by atoms with van der Waals surface area (Å²) >= 11 is 11.9. The molecule has 2 amide bonds. The highest BCUT2D eigenvalue weighted by molar-refractivity contribution is 6.30. The second kappa shape index (κ2) is 11.8. The van der Waals surface area contributed by atoms with E-state index >= 15 is 0 Å². The van der Waals surface area contributed by atoms with Crippen molar-refractivity contribution >= 4 is 35.0 Å². The highest BCUT2D eigenvalue weighted by Gasteiger charge is 2.29. The molecule has 0 unspecified atom stereocenters. The Kier molecular flexibility index (Phi) is 9.47. The summed E-state index contributed by atoms with van der Waals surface area (Å²) in [5.74, 6) is 0.100. The van der Waals surface area contributed by atoms with Gasteiger partial charge in [-0.3, -0.25) is 9.59 Å². The molecule has 0 aliphatic heterocycles. The van der Waals surface area contributed by atoms with Crippen LogP contribution in [0.4, 0.5) is 0 Å². The number of carbonyl (C=O) groups excluding carboxylic acids is 2. The molecule has 2 rings (SSSR count). The molecule has 0 radical (unpaired) electrons. The standard InChI is InChI=1S/C23H28Cl2N2O3/c1-4-16(3)26-23(29)21(5-2)27(14-17-6-8-18(24)9-7-17)22(28)15-30-20-12-10-19(25)11-13-20/h6-13,16,21H,4-5,14-15H2,1-3H3,(H,26,29)/t16-,21+/m1/s1. The van der Waals surface area contributed by atoms with E-state index in [0.717, 1.165) is 12.0 Å². The van der Waals surface area contributed by atoms with Gasteiger partial charge in [-0.25, -0.2) is 0 Å². The van der Waals surface area contributed by atoms with Crippen LogP contribution in [0.1, 0.15) is 39.2 Å². The minimum absolute atomic E-state index is 0.0318. The van der Waals surface area contributed by atoms with Gasteiger partial charge in [0.15, 0.2) is 6.61 Å². The number of rotatable bonds is 10. The zero-order valence-electron chi connectivity index (χ0n) is 17.5. The van der Waals surface area contributed by atoms with E-state index < -0.39 is 6.04 Å². The fraction of sp³-hybridized carbons (Fsp3) is 0.391. The van der Waals surface area contributed by atoms with Crippen LogP contribution in [0.15, 0.2) is 48.5 Å². The lowest BCUT2D eigenvalue weighted by molar-refractivity contribution is -0.143. The predicted octanol–water partition coefficient (Wildman–Crippen LogP) is 5.09. The first-order valence-corrected chi connectivity index (χ1v) is 10.8. The normalized spacial score (nSPS) is 12.7. The van der Waals surface area contributed by atoms with Crippen molar-refractivity contribution in [2.45, 2.75) is 52.2 Å². The van der Waals surface area contributed by atoms with Crippen molar-refractivity contribution < 1.29 is 14.3 Å². The van der Waals surface area contributed by atoms with Gasteiger partial charge in [0.05, 0.1) is 0 Å². The van der Waals surface area contributed by atoms with Crippen LogP contribution in [-0.4, -0.2) is 35.4 Å². The van der Waals surface area contributed by atoms with Crippen LogP contribution in [-0.2, 0) is 16.1 Å². The van der Waals surface area contributed by atoms with Crippen molar-refractivity contribution in [3.05, 3.63) is 64.1 Å². The minimum Gasteiger partial charge on any atom is -0.484 e. The van der Waals surface area contributed by atoms with Crippen LogP contribution >= 0.6 is 23.2 Å². The topological polar surface area (TPSA) is 58.6 Å². The minimum atomic E-state index is -0.601. The van der Waals surface area contributed by atoms with E-state index in [-0.39, 0.29) is 31.0 Å². The lowest BCUT2D eigenvalue weighted by Gasteiger charge is -2.31. The molecule has 162 valence electrons. The molecule has 0 fully saturated rings. The Balaban J connectivity index is 2.19. The third kappa shape index (κ3) is 7.22. The number of benzene rings is 2. The fourth-order valence-corrected chi connectivity index (χ4v) is 3.16. The molecule has 2 aromatic rings. The van der Waals surface area contributed by atoms with Crippen molar-refractivity contribution in [1.82, 2.24) is 10.2 Å². The van der Waals surface area contributed by atoms with Gasteiger partial charge in [-0.05, 0) is 61.7 Å². The molecule has 1 N–H and O–H groups in total. The molecule has 0 aliphatic carbocycles. The molecule has 0 spiro atoms. The summed E-state index contributed by atoms with van der Waals surface area (Å²) in [4.78, 5) is 27.5. The van der Waals surface area contributed by atoms with Crippen molar-refractivity contribution in [3.63, 3.8) is 0 Å². The molecule has 0 aliphatic rings. The molecular weight excluding hydrogens is 423 g/mol. The molecule has 7 heteroatoms. The van der Waals surface area contributed by atoms with Gasteiger partial charge in [-0.15, -0.1) is 0 Å². The quantitative estimate of drug-likeness (QED) is 0.547. The summed E-state index contributed by atoms with van der Waals surface area (Å²) in [6.45, 7) is 5.94. The van der Waals surface area contributed by atoms with Crippen molar-refractivity contribution in [2.24, 2.45) is 0 Å². The number of hydrogen-bond donors (Lipinski definition) is 1. The second-order valence-corrected chi connectivity index (χ2v) is 8.01. The molecular formula is C23H28Cl2N2O3. The Hall–Kier alpha value is -2.24. The predicted molar refractivity (Wildman–Crippen MR) is 121 cm³/mol. The van der Waals surface area contributed by atoms with Crippen LogP contribution in [0.5, 0.6) is 5.75 Å². The van der Waals surface area contributed by atoms with Gasteiger partial charge in [0.2, 0.25) is 5.91 Å². The number of nitrogens with zero attached hydrogens (tertiary/aromatic N) is 1. The van der Waals surface area contributed by atoms with Gasteiger partial charge in [-0.2, -0.15) is 0 Å². The molecule has 2 aromatic carbocycles. The first kappa shape index (κ1) is 24.0.